The lowest BCUT2D eigenvalue weighted by Gasteiger charge is -2.34. The summed E-state index contributed by atoms with van der Waals surface area (Å²) in [7, 11) is 1.61. The summed E-state index contributed by atoms with van der Waals surface area (Å²) in [5.41, 5.74) is 6.32. The van der Waals surface area contributed by atoms with E-state index in [-0.39, 0.29) is 5.91 Å². The summed E-state index contributed by atoms with van der Waals surface area (Å²) in [6.45, 7) is 4.65. The first kappa shape index (κ1) is 18.5. The molecule has 1 aromatic rings. The molecule has 6 nitrogen and oxygen atoms in total. The van der Waals surface area contributed by atoms with Gasteiger partial charge in [0.1, 0.15) is 0 Å². The molecule has 0 aromatic heterocycles. The number of hydrogen-bond donors (Lipinski definition) is 2. The predicted octanol–water partition coefficient (Wildman–Crippen LogP) is 1.86. The summed E-state index contributed by atoms with van der Waals surface area (Å²) < 4.78 is 16.4. The van der Waals surface area contributed by atoms with Crippen LogP contribution < -0.4 is 20.5 Å². The molecule has 0 radical (unpaired) electrons. The zero-order valence-electron chi connectivity index (χ0n) is 14.6. The average Bonchev–Trinajstić information content (AvgIpc) is 2.65. The van der Waals surface area contributed by atoms with Crippen molar-refractivity contribution in [3.05, 3.63) is 23.8 Å². The molecule has 1 aliphatic rings. The van der Waals surface area contributed by atoms with Gasteiger partial charge < -0.3 is 25.3 Å². The van der Waals surface area contributed by atoms with Crippen LogP contribution in [0.15, 0.2) is 18.2 Å². The predicted molar refractivity (Wildman–Crippen MR) is 92.2 cm³/mol. The number of methoxy groups -OCH3 is 1. The van der Waals surface area contributed by atoms with Gasteiger partial charge in [-0.2, -0.15) is 0 Å². The van der Waals surface area contributed by atoms with Gasteiger partial charge in [0.15, 0.2) is 11.5 Å². The molecule has 0 aliphatic carbocycles. The third-order valence-electron chi connectivity index (χ3n) is 4.47. The maximum atomic E-state index is 12.6. The van der Waals surface area contributed by atoms with Crippen molar-refractivity contribution >= 4 is 5.91 Å². The van der Waals surface area contributed by atoms with E-state index in [1.54, 1.807) is 7.11 Å². The summed E-state index contributed by atoms with van der Waals surface area (Å²) in [6.07, 6.45) is 2.27. The summed E-state index contributed by atoms with van der Waals surface area (Å²) >= 11 is 0. The van der Waals surface area contributed by atoms with E-state index in [4.69, 9.17) is 19.9 Å². The molecule has 0 spiro atoms. The Balaban J connectivity index is 1.99. The van der Waals surface area contributed by atoms with E-state index in [0.717, 1.165) is 17.7 Å². The molecular formula is C18H28N2O4. The van der Waals surface area contributed by atoms with Crippen LogP contribution in [0.2, 0.25) is 0 Å². The minimum atomic E-state index is -0.507. The number of hydrogen-bond acceptors (Lipinski definition) is 5. The summed E-state index contributed by atoms with van der Waals surface area (Å²) in [5, 5.41) is 3.00. The zero-order chi connectivity index (χ0) is 17.4. The van der Waals surface area contributed by atoms with Crippen LogP contribution in [0, 0.1) is 5.41 Å². The molecule has 24 heavy (non-hydrogen) atoms. The highest BCUT2D eigenvalue weighted by Gasteiger charge is 2.38. The highest BCUT2D eigenvalue weighted by Crippen LogP contribution is 2.30. The van der Waals surface area contributed by atoms with Gasteiger partial charge >= 0.3 is 0 Å². The minimum Gasteiger partial charge on any atom is -0.493 e. The first-order chi connectivity index (χ1) is 11.6. The maximum Gasteiger partial charge on any atom is 0.227 e. The third-order valence-corrected chi connectivity index (χ3v) is 4.47. The summed E-state index contributed by atoms with van der Waals surface area (Å²) in [4.78, 5) is 12.6. The normalized spacial score (nSPS) is 16.5. The van der Waals surface area contributed by atoms with Gasteiger partial charge in [-0.15, -0.1) is 0 Å². The van der Waals surface area contributed by atoms with Crippen LogP contribution in [-0.4, -0.2) is 39.4 Å². The Morgan fingerprint density at radius 3 is 2.71 bits per heavy atom. The second kappa shape index (κ2) is 8.89. The van der Waals surface area contributed by atoms with E-state index in [2.05, 4.69) is 12.2 Å². The van der Waals surface area contributed by atoms with Gasteiger partial charge in [-0.1, -0.05) is 13.0 Å². The standard InChI is InChI=1S/C18H28N2O4/c1-3-8-24-15-5-4-14(11-16(15)22-2)12-20-17(21)18(13-19)6-9-23-10-7-18/h4-5,11H,3,6-10,12-13,19H2,1-2H3,(H,20,21). The van der Waals surface area contributed by atoms with Crippen LogP contribution in [0.25, 0.3) is 0 Å². The van der Waals surface area contributed by atoms with Gasteiger partial charge in [-0.25, -0.2) is 0 Å². The molecule has 2 rings (SSSR count). The van der Waals surface area contributed by atoms with Gasteiger partial charge in [0.05, 0.1) is 19.1 Å². The lowest BCUT2D eigenvalue weighted by molar-refractivity contribution is -0.136. The van der Waals surface area contributed by atoms with Crippen LogP contribution in [-0.2, 0) is 16.1 Å². The lowest BCUT2D eigenvalue weighted by atomic mass is 9.79. The second-order valence-electron chi connectivity index (χ2n) is 6.11. The molecule has 6 heteroatoms. The molecule has 1 heterocycles. The molecule has 0 bridgehead atoms. The fourth-order valence-electron chi connectivity index (χ4n) is 2.81. The van der Waals surface area contributed by atoms with Crippen molar-refractivity contribution in [2.24, 2.45) is 11.1 Å². The summed E-state index contributed by atoms with van der Waals surface area (Å²) in [5.74, 6) is 1.39. The number of amides is 1. The zero-order valence-corrected chi connectivity index (χ0v) is 14.6. The van der Waals surface area contributed by atoms with E-state index < -0.39 is 5.41 Å². The quantitative estimate of drug-likeness (QED) is 0.757. The molecule has 1 fully saturated rings. The number of nitrogens with two attached hydrogens (primary N) is 1. The maximum absolute atomic E-state index is 12.6. The van der Waals surface area contributed by atoms with Crippen molar-refractivity contribution in [1.29, 1.82) is 0 Å². The van der Waals surface area contributed by atoms with Gasteiger partial charge in [0.2, 0.25) is 5.91 Å². The van der Waals surface area contributed by atoms with E-state index in [0.29, 0.717) is 51.5 Å². The molecule has 134 valence electrons. The number of carbonyl (C=O) groups is 1. The van der Waals surface area contributed by atoms with Gasteiger partial charge in [-0.05, 0) is 37.0 Å². The highest BCUT2D eigenvalue weighted by molar-refractivity contribution is 5.83. The monoisotopic (exact) mass is 336 g/mol. The van der Waals surface area contributed by atoms with Crippen molar-refractivity contribution in [1.82, 2.24) is 5.32 Å². The average molecular weight is 336 g/mol. The molecule has 0 saturated carbocycles. The molecule has 1 amide bonds. The van der Waals surface area contributed by atoms with Crippen LogP contribution >= 0.6 is 0 Å². The Kier molecular flexibility index (Phi) is 6.87. The van der Waals surface area contributed by atoms with Gasteiger partial charge in [0.25, 0.3) is 0 Å². The van der Waals surface area contributed by atoms with Crippen LogP contribution in [0.1, 0.15) is 31.7 Å². The Bertz CT molecular complexity index is 542. The molecule has 1 saturated heterocycles. The van der Waals surface area contributed by atoms with Crippen LogP contribution in [0.5, 0.6) is 11.5 Å². The number of ether oxygens (including phenoxy) is 3. The van der Waals surface area contributed by atoms with Crippen molar-refractivity contribution < 1.29 is 19.0 Å². The van der Waals surface area contributed by atoms with Crippen molar-refractivity contribution in [3.63, 3.8) is 0 Å². The topological polar surface area (TPSA) is 82.8 Å². The van der Waals surface area contributed by atoms with E-state index in [1.165, 1.54) is 0 Å². The smallest absolute Gasteiger partial charge is 0.227 e. The van der Waals surface area contributed by atoms with Crippen LogP contribution in [0.4, 0.5) is 0 Å². The molecule has 0 unspecified atom stereocenters. The largest absolute Gasteiger partial charge is 0.493 e. The number of rotatable bonds is 8. The number of benzene rings is 1. The highest BCUT2D eigenvalue weighted by atomic mass is 16.5. The Hall–Kier alpha value is -1.79. The Morgan fingerprint density at radius 2 is 2.08 bits per heavy atom. The van der Waals surface area contributed by atoms with E-state index in [9.17, 15) is 4.79 Å². The van der Waals surface area contributed by atoms with E-state index in [1.807, 2.05) is 18.2 Å². The van der Waals surface area contributed by atoms with Crippen molar-refractivity contribution in [2.75, 3.05) is 33.5 Å². The minimum absolute atomic E-state index is 0.00132. The Morgan fingerprint density at radius 1 is 1.33 bits per heavy atom. The molecular weight excluding hydrogens is 308 g/mol. The first-order valence-electron chi connectivity index (χ1n) is 8.51. The number of nitrogens with one attached hydrogen (secondary N) is 1. The first-order valence-corrected chi connectivity index (χ1v) is 8.51. The van der Waals surface area contributed by atoms with E-state index >= 15 is 0 Å². The Labute approximate surface area is 143 Å². The molecule has 1 aliphatic heterocycles. The fraction of sp³-hybridized carbons (Fsp3) is 0.611. The van der Waals surface area contributed by atoms with Gasteiger partial charge in [-0.3, -0.25) is 4.79 Å². The molecule has 3 N–H and O–H groups in total. The third kappa shape index (κ3) is 4.39. The lowest BCUT2D eigenvalue weighted by Crippen LogP contribution is -2.48. The van der Waals surface area contributed by atoms with Crippen molar-refractivity contribution in [2.45, 2.75) is 32.7 Å². The number of carbonyl (C=O) groups excluding carboxylic acids is 1. The summed E-state index contributed by atoms with van der Waals surface area (Å²) in [6, 6.07) is 5.71. The van der Waals surface area contributed by atoms with Crippen LogP contribution in [0.3, 0.4) is 0 Å². The SMILES string of the molecule is CCCOc1ccc(CNC(=O)C2(CN)CCOCC2)cc1OC. The van der Waals surface area contributed by atoms with Crippen molar-refractivity contribution in [3.8, 4) is 11.5 Å². The molecule has 1 aromatic carbocycles. The fourth-order valence-corrected chi connectivity index (χ4v) is 2.81. The second-order valence-corrected chi connectivity index (χ2v) is 6.11. The van der Waals surface area contributed by atoms with Gasteiger partial charge in [0, 0.05) is 26.3 Å². The molecule has 0 atom stereocenters.